The van der Waals surface area contributed by atoms with Crippen molar-refractivity contribution in [2.45, 2.75) is 19.0 Å². The zero-order valence-corrected chi connectivity index (χ0v) is 15.1. The Hall–Kier alpha value is -3.09. The van der Waals surface area contributed by atoms with Crippen LogP contribution in [0.25, 0.3) is 11.3 Å². The summed E-state index contributed by atoms with van der Waals surface area (Å²) in [4.78, 5) is 11.3. The molecular formula is C21H19F3N4. The summed E-state index contributed by atoms with van der Waals surface area (Å²) in [6.45, 7) is 1.75. The van der Waals surface area contributed by atoms with E-state index in [2.05, 4.69) is 20.2 Å². The lowest BCUT2D eigenvalue weighted by molar-refractivity contribution is -0.137. The number of hydrogen-bond acceptors (Lipinski definition) is 4. The third-order valence-electron chi connectivity index (χ3n) is 4.64. The van der Waals surface area contributed by atoms with Crippen LogP contribution >= 0.6 is 0 Å². The summed E-state index contributed by atoms with van der Waals surface area (Å²) >= 11 is 0. The highest BCUT2D eigenvalue weighted by molar-refractivity contribution is 5.67. The van der Waals surface area contributed by atoms with Crippen LogP contribution in [-0.4, -0.2) is 23.1 Å². The lowest BCUT2D eigenvalue weighted by Crippen LogP contribution is -2.21. The Morgan fingerprint density at radius 1 is 0.857 bits per heavy atom. The first-order valence-electron chi connectivity index (χ1n) is 9.13. The number of halogens is 3. The van der Waals surface area contributed by atoms with Gasteiger partial charge in [0, 0.05) is 30.4 Å². The summed E-state index contributed by atoms with van der Waals surface area (Å²) in [5.74, 6) is 1.06. The molecule has 144 valence electrons. The topological polar surface area (TPSA) is 41.1 Å². The van der Waals surface area contributed by atoms with Gasteiger partial charge in [-0.25, -0.2) is 4.98 Å². The van der Waals surface area contributed by atoms with Gasteiger partial charge in [-0.3, -0.25) is 0 Å². The molecule has 4 nitrogen and oxygen atoms in total. The molecule has 1 saturated heterocycles. The van der Waals surface area contributed by atoms with Crippen molar-refractivity contribution in [1.82, 2.24) is 9.97 Å². The van der Waals surface area contributed by atoms with Gasteiger partial charge in [0.15, 0.2) is 0 Å². The van der Waals surface area contributed by atoms with Gasteiger partial charge in [0.25, 0.3) is 0 Å². The number of benzene rings is 2. The smallest absolute Gasteiger partial charge is 0.341 e. The molecule has 4 rings (SSSR count). The van der Waals surface area contributed by atoms with Crippen LogP contribution < -0.4 is 10.2 Å². The number of alkyl halides is 3. The summed E-state index contributed by atoms with van der Waals surface area (Å²) in [6.07, 6.45) is -2.23. The first kappa shape index (κ1) is 18.3. The molecule has 1 aliphatic heterocycles. The van der Waals surface area contributed by atoms with Gasteiger partial charge < -0.3 is 10.2 Å². The number of aromatic nitrogens is 2. The number of rotatable bonds is 4. The van der Waals surface area contributed by atoms with E-state index in [1.807, 2.05) is 30.3 Å². The standard InChI is InChI=1S/C21H19F3N4/c22-21(23,24)16-9-6-10-17(13-16)25-19-14-18(15-7-2-1-3-8-15)26-20(27-19)28-11-4-5-12-28/h1-3,6-10,13-14H,4-5,11-12H2,(H,25,26,27). The molecule has 1 aliphatic rings. The number of nitrogens with one attached hydrogen (secondary N) is 1. The monoisotopic (exact) mass is 384 g/mol. The number of hydrogen-bond donors (Lipinski definition) is 1. The molecule has 2 aromatic carbocycles. The van der Waals surface area contributed by atoms with Gasteiger partial charge in [-0.15, -0.1) is 0 Å². The second-order valence-electron chi connectivity index (χ2n) is 6.70. The van der Waals surface area contributed by atoms with Crippen molar-refractivity contribution in [1.29, 1.82) is 0 Å². The third kappa shape index (κ3) is 4.08. The Labute approximate surface area is 161 Å². The highest BCUT2D eigenvalue weighted by Gasteiger charge is 2.30. The lowest BCUT2D eigenvalue weighted by atomic mass is 10.1. The Balaban J connectivity index is 1.71. The van der Waals surface area contributed by atoms with Crippen LogP contribution in [0.4, 0.5) is 30.6 Å². The maximum atomic E-state index is 13.0. The van der Waals surface area contributed by atoms with Gasteiger partial charge >= 0.3 is 6.18 Å². The van der Waals surface area contributed by atoms with Gasteiger partial charge in [0.1, 0.15) is 5.82 Å². The minimum atomic E-state index is -4.39. The largest absolute Gasteiger partial charge is 0.416 e. The molecule has 28 heavy (non-hydrogen) atoms. The second-order valence-corrected chi connectivity index (χ2v) is 6.70. The molecule has 3 aromatic rings. The average molecular weight is 384 g/mol. The van der Waals surface area contributed by atoms with E-state index in [0.717, 1.165) is 49.3 Å². The summed E-state index contributed by atoms with van der Waals surface area (Å²) < 4.78 is 39.0. The number of nitrogens with zero attached hydrogens (tertiary/aromatic N) is 3. The van der Waals surface area contributed by atoms with Crippen LogP contribution in [0.3, 0.4) is 0 Å². The SMILES string of the molecule is FC(F)(F)c1cccc(Nc2cc(-c3ccccc3)nc(N3CCCC3)n2)c1. The van der Waals surface area contributed by atoms with Crippen molar-refractivity contribution in [2.24, 2.45) is 0 Å². The molecule has 0 amide bonds. The normalized spacial score (nSPS) is 14.3. The molecule has 0 spiro atoms. The molecule has 0 atom stereocenters. The van der Waals surface area contributed by atoms with E-state index < -0.39 is 11.7 Å². The first-order valence-corrected chi connectivity index (χ1v) is 9.13. The Bertz CT molecular complexity index is 951. The summed E-state index contributed by atoms with van der Waals surface area (Å²) in [5, 5.41) is 3.01. The van der Waals surface area contributed by atoms with E-state index in [1.165, 1.54) is 6.07 Å². The highest BCUT2D eigenvalue weighted by Crippen LogP contribution is 2.32. The Morgan fingerprint density at radius 3 is 2.32 bits per heavy atom. The maximum absolute atomic E-state index is 13.0. The van der Waals surface area contributed by atoms with Gasteiger partial charge in [-0.05, 0) is 31.0 Å². The van der Waals surface area contributed by atoms with Crippen molar-refractivity contribution in [2.75, 3.05) is 23.3 Å². The summed E-state index contributed by atoms with van der Waals surface area (Å²) in [7, 11) is 0. The molecular weight excluding hydrogens is 365 g/mol. The van der Waals surface area contributed by atoms with E-state index in [4.69, 9.17) is 0 Å². The van der Waals surface area contributed by atoms with Crippen LogP contribution in [0.15, 0.2) is 60.7 Å². The van der Waals surface area contributed by atoms with Gasteiger partial charge in [-0.1, -0.05) is 36.4 Å². The van der Waals surface area contributed by atoms with Crippen LogP contribution in [0.2, 0.25) is 0 Å². The molecule has 1 fully saturated rings. The van der Waals surface area contributed by atoms with E-state index in [9.17, 15) is 13.2 Å². The zero-order valence-electron chi connectivity index (χ0n) is 15.1. The van der Waals surface area contributed by atoms with Crippen molar-refractivity contribution < 1.29 is 13.2 Å². The minimum absolute atomic E-state index is 0.333. The van der Waals surface area contributed by atoms with Crippen LogP contribution in [0, 0.1) is 0 Å². The van der Waals surface area contributed by atoms with Crippen molar-refractivity contribution >= 4 is 17.5 Å². The fourth-order valence-electron chi connectivity index (χ4n) is 3.24. The van der Waals surface area contributed by atoms with E-state index >= 15 is 0 Å². The predicted molar refractivity (Wildman–Crippen MR) is 104 cm³/mol. The quantitative estimate of drug-likeness (QED) is 0.644. The molecule has 0 aliphatic carbocycles. The van der Waals surface area contributed by atoms with E-state index in [-0.39, 0.29) is 0 Å². The lowest BCUT2D eigenvalue weighted by Gasteiger charge is -2.18. The zero-order chi connectivity index (χ0) is 19.6. The average Bonchev–Trinajstić information content (AvgIpc) is 3.23. The molecule has 0 saturated carbocycles. The van der Waals surface area contributed by atoms with Crippen LogP contribution in [0.5, 0.6) is 0 Å². The molecule has 2 heterocycles. The molecule has 1 N–H and O–H groups in total. The van der Waals surface area contributed by atoms with E-state index in [1.54, 1.807) is 12.1 Å². The fraction of sp³-hybridized carbons (Fsp3) is 0.238. The maximum Gasteiger partial charge on any atom is 0.416 e. The van der Waals surface area contributed by atoms with Crippen molar-refractivity contribution in [3.05, 3.63) is 66.2 Å². The summed E-state index contributed by atoms with van der Waals surface area (Å²) in [5.41, 5.74) is 1.29. The highest BCUT2D eigenvalue weighted by atomic mass is 19.4. The molecule has 7 heteroatoms. The van der Waals surface area contributed by atoms with E-state index in [0.29, 0.717) is 17.5 Å². The van der Waals surface area contributed by atoms with Crippen LogP contribution in [0.1, 0.15) is 18.4 Å². The van der Waals surface area contributed by atoms with Crippen molar-refractivity contribution in [3.63, 3.8) is 0 Å². The van der Waals surface area contributed by atoms with Crippen LogP contribution in [-0.2, 0) is 6.18 Å². The van der Waals surface area contributed by atoms with Crippen molar-refractivity contribution in [3.8, 4) is 11.3 Å². The first-order chi connectivity index (χ1) is 13.5. The number of anilines is 3. The van der Waals surface area contributed by atoms with Gasteiger partial charge in [-0.2, -0.15) is 18.2 Å². The molecule has 0 bridgehead atoms. The molecule has 0 radical (unpaired) electrons. The predicted octanol–water partition coefficient (Wildman–Crippen LogP) is 5.51. The molecule has 0 unspecified atom stereocenters. The Kier molecular flexibility index (Phi) is 4.90. The fourth-order valence-corrected chi connectivity index (χ4v) is 3.24. The molecule has 1 aromatic heterocycles. The van der Waals surface area contributed by atoms with Gasteiger partial charge in [0.05, 0.1) is 11.3 Å². The van der Waals surface area contributed by atoms with Gasteiger partial charge in [0.2, 0.25) is 5.95 Å². The summed E-state index contributed by atoms with van der Waals surface area (Å²) in [6, 6.07) is 16.5. The second kappa shape index (κ2) is 7.50. The third-order valence-corrected chi connectivity index (χ3v) is 4.64. The Morgan fingerprint density at radius 2 is 1.61 bits per heavy atom. The minimum Gasteiger partial charge on any atom is -0.341 e.